The Balaban J connectivity index is 1.60. The van der Waals surface area contributed by atoms with Crippen molar-refractivity contribution in [2.45, 2.75) is 13.0 Å². The fourth-order valence-corrected chi connectivity index (χ4v) is 2.28. The molecule has 0 aliphatic heterocycles. The quantitative estimate of drug-likeness (QED) is 0.625. The van der Waals surface area contributed by atoms with Crippen LogP contribution in [0.2, 0.25) is 0 Å². The Hall–Kier alpha value is -4.01. The smallest absolute Gasteiger partial charge is 0.361 e. The summed E-state index contributed by atoms with van der Waals surface area (Å²) < 4.78 is 5.14. The number of carbonyl (C=O) groups excluding carboxylic acids is 3. The van der Waals surface area contributed by atoms with Crippen molar-refractivity contribution in [3.05, 3.63) is 72.1 Å². The lowest BCUT2D eigenvalue weighted by Gasteiger charge is -2.12. The van der Waals surface area contributed by atoms with Crippen molar-refractivity contribution in [2.75, 3.05) is 5.32 Å². The fourth-order valence-electron chi connectivity index (χ4n) is 2.28. The Morgan fingerprint density at radius 2 is 1.75 bits per heavy atom. The van der Waals surface area contributed by atoms with Gasteiger partial charge in [-0.25, -0.2) is 4.79 Å². The molecule has 0 radical (unpaired) electrons. The first-order valence-electron chi connectivity index (χ1n) is 8.33. The Bertz CT molecular complexity index is 999. The first-order valence-corrected chi connectivity index (χ1v) is 8.33. The van der Waals surface area contributed by atoms with Crippen LogP contribution < -0.4 is 11.1 Å². The summed E-state index contributed by atoms with van der Waals surface area (Å²) in [6, 6.07) is 15.1. The van der Waals surface area contributed by atoms with Crippen molar-refractivity contribution in [2.24, 2.45) is 5.73 Å². The minimum atomic E-state index is -1.06. The first kappa shape index (κ1) is 18.8. The van der Waals surface area contributed by atoms with Gasteiger partial charge in [-0.15, -0.1) is 5.10 Å². The number of hydrogen-bond acceptors (Lipinski definition) is 6. The van der Waals surface area contributed by atoms with Crippen molar-refractivity contribution in [3.8, 4) is 5.69 Å². The Kier molecular flexibility index (Phi) is 5.45. The maximum atomic E-state index is 12.2. The van der Waals surface area contributed by atoms with Crippen LogP contribution >= 0.6 is 0 Å². The number of para-hydroxylation sites is 1. The standard InChI is InChI=1S/C19H17N5O4/c1-12(18(26)22-14-9-7-13(8-10-14)17(20)25)28-19(27)16-11-21-24(23-16)15-5-3-2-4-6-15/h2-12H,1H3,(H2,20,25)(H,22,26)/t12-/m1/s1. The van der Waals surface area contributed by atoms with E-state index in [0.29, 0.717) is 16.9 Å². The predicted molar refractivity (Wildman–Crippen MR) is 99.8 cm³/mol. The number of hydrogen-bond donors (Lipinski definition) is 2. The zero-order valence-corrected chi connectivity index (χ0v) is 14.9. The normalized spacial score (nSPS) is 11.5. The molecule has 0 fully saturated rings. The largest absolute Gasteiger partial charge is 0.448 e. The second kappa shape index (κ2) is 8.12. The number of carbonyl (C=O) groups is 3. The maximum Gasteiger partial charge on any atom is 0.361 e. The van der Waals surface area contributed by atoms with Gasteiger partial charge in [0, 0.05) is 11.3 Å². The van der Waals surface area contributed by atoms with E-state index >= 15 is 0 Å². The average molecular weight is 379 g/mol. The molecule has 1 aromatic heterocycles. The zero-order chi connectivity index (χ0) is 20.1. The van der Waals surface area contributed by atoms with Crippen molar-refractivity contribution < 1.29 is 19.1 Å². The second-order valence-corrected chi connectivity index (χ2v) is 5.83. The lowest BCUT2D eigenvalue weighted by molar-refractivity contribution is -0.123. The van der Waals surface area contributed by atoms with Gasteiger partial charge in [-0.05, 0) is 43.3 Å². The average Bonchev–Trinajstić information content (AvgIpc) is 3.19. The molecule has 3 N–H and O–H groups in total. The molecule has 0 bridgehead atoms. The molecular weight excluding hydrogens is 362 g/mol. The molecule has 142 valence electrons. The molecule has 2 aromatic carbocycles. The van der Waals surface area contributed by atoms with E-state index in [9.17, 15) is 14.4 Å². The van der Waals surface area contributed by atoms with Gasteiger partial charge in [-0.3, -0.25) is 9.59 Å². The van der Waals surface area contributed by atoms with Gasteiger partial charge in [-0.2, -0.15) is 9.90 Å². The van der Waals surface area contributed by atoms with Gasteiger partial charge in [0.1, 0.15) is 0 Å². The highest BCUT2D eigenvalue weighted by Crippen LogP contribution is 2.11. The van der Waals surface area contributed by atoms with Gasteiger partial charge < -0.3 is 15.8 Å². The molecule has 3 aromatic rings. The second-order valence-electron chi connectivity index (χ2n) is 5.83. The van der Waals surface area contributed by atoms with E-state index < -0.39 is 23.9 Å². The number of benzene rings is 2. The maximum absolute atomic E-state index is 12.2. The van der Waals surface area contributed by atoms with Crippen molar-refractivity contribution in [1.29, 1.82) is 0 Å². The number of rotatable bonds is 6. The number of ether oxygens (including phenoxy) is 1. The molecule has 28 heavy (non-hydrogen) atoms. The number of aromatic nitrogens is 3. The third-order valence-electron chi connectivity index (χ3n) is 3.78. The van der Waals surface area contributed by atoms with Gasteiger partial charge in [0.05, 0.1) is 11.9 Å². The van der Waals surface area contributed by atoms with Crippen LogP contribution in [0.25, 0.3) is 5.69 Å². The molecule has 0 saturated heterocycles. The van der Waals surface area contributed by atoms with Gasteiger partial charge in [0.15, 0.2) is 11.8 Å². The Morgan fingerprint density at radius 1 is 1.07 bits per heavy atom. The molecule has 2 amide bonds. The lowest BCUT2D eigenvalue weighted by Crippen LogP contribution is -2.30. The van der Waals surface area contributed by atoms with Crippen LogP contribution in [-0.4, -0.2) is 38.9 Å². The molecule has 1 atom stereocenters. The van der Waals surface area contributed by atoms with Gasteiger partial charge in [-0.1, -0.05) is 18.2 Å². The van der Waals surface area contributed by atoms with Crippen LogP contribution in [0, 0.1) is 0 Å². The molecular formula is C19H17N5O4. The number of nitrogens with two attached hydrogens (primary N) is 1. The van der Waals surface area contributed by atoms with E-state index in [2.05, 4.69) is 15.5 Å². The molecule has 0 saturated carbocycles. The lowest BCUT2D eigenvalue weighted by atomic mass is 10.2. The minimum Gasteiger partial charge on any atom is -0.448 e. The number of anilines is 1. The minimum absolute atomic E-state index is 0.0192. The fraction of sp³-hybridized carbons (Fsp3) is 0.105. The number of nitrogens with one attached hydrogen (secondary N) is 1. The molecule has 0 aliphatic carbocycles. The highest BCUT2D eigenvalue weighted by atomic mass is 16.5. The molecule has 9 heteroatoms. The molecule has 1 heterocycles. The molecule has 9 nitrogen and oxygen atoms in total. The summed E-state index contributed by atoms with van der Waals surface area (Å²) in [6.07, 6.45) is 0.202. The van der Waals surface area contributed by atoms with Gasteiger partial charge in [0.25, 0.3) is 5.91 Å². The summed E-state index contributed by atoms with van der Waals surface area (Å²) in [5.74, 6) is -1.87. The monoisotopic (exact) mass is 379 g/mol. The van der Waals surface area contributed by atoms with E-state index in [4.69, 9.17) is 10.5 Å². The van der Waals surface area contributed by atoms with E-state index in [1.165, 1.54) is 42.2 Å². The van der Waals surface area contributed by atoms with Crippen LogP contribution in [0.5, 0.6) is 0 Å². The highest BCUT2D eigenvalue weighted by Gasteiger charge is 2.21. The summed E-state index contributed by atoms with van der Waals surface area (Å²) in [5, 5.41) is 10.7. The van der Waals surface area contributed by atoms with Crippen molar-refractivity contribution >= 4 is 23.5 Å². The van der Waals surface area contributed by atoms with Crippen LogP contribution in [-0.2, 0) is 9.53 Å². The number of amides is 2. The van der Waals surface area contributed by atoms with E-state index in [-0.39, 0.29) is 5.69 Å². The summed E-state index contributed by atoms with van der Waals surface area (Å²) in [6.45, 7) is 1.44. The first-order chi connectivity index (χ1) is 13.4. The topological polar surface area (TPSA) is 129 Å². The molecule has 0 unspecified atom stereocenters. The van der Waals surface area contributed by atoms with Crippen LogP contribution in [0.3, 0.4) is 0 Å². The Labute approximate surface area is 160 Å². The Morgan fingerprint density at radius 3 is 2.39 bits per heavy atom. The zero-order valence-electron chi connectivity index (χ0n) is 14.9. The van der Waals surface area contributed by atoms with Crippen molar-refractivity contribution in [1.82, 2.24) is 15.0 Å². The highest BCUT2D eigenvalue weighted by molar-refractivity contribution is 5.97. The third-order valence-corrected chi connectivity index (χ3v) is 3.78. The van der Waals surface area contributed by atoms with Gasteiger partial charge >= 0.3 is 5.97 Å². The number of nitrogens with zero attached hydrogens (tertiary/aromatic N) is 3. The summed E-state index contributed by atoms with van der Waals surface area (Å²) in [7, 11) is 0. The van der Waals surface area contributed by atoms with Gasteiger partial charge in [0.2, 0.25) is 5.91 Å². The molecule has 3 rings (SSSR count). The van der Waals surface area contributed by atoms with E-state index in [1.54, 1.807) is 12.1 Å². The summed E-state index contributed by atoms with van der Waals surface area (Å²) in [5.41, 5.74) is 6.59. The summed E-state index contributed by atoms with van der Waals surface area (Å²) in [4.78, 5) is 36.8. The number of primary amides is 1. The predicted octanol–water partition coefficient (Wildman–Crippen LogP) is 1.55. The van der Waals surface area contributed by atoms with E-state index in [1.807, 2.05) is 18.2 Å². The number of esters is 1. The summed E-state index contributed by atoms with van der Waals surface area (Å²) >= 11 is 0. The van der Waals surface area contributed by atoms with Crippen LogP contribution in [0.15, 0.2) is 60.8 Å². The SMILES string of the molecule is C[C@@H](OC(=O)c1cnn(-c2ccccc2)n1)C(=O)Nc1ccc(C(N)=O)cc1. The van der Waals surface area contributed by atoms with Crippen LogP contribution in [0.1, 0.15) is 27.8 Å². The van der Waals surface area contributed by atoms with E-state index in [0.717, 1.165) is 0 Å². The molecule has 0 spiro atoms. The van der Waals surface area contributed by atoms with Crippen molar-refractivity contribution in [3.63, 3.8) is 0 Å². The molecule has 0 aliphatic rings. The van der Waals surface area contributed by atoms with Crippen LogP contribution in [0.4, 0.5) is 5.69 Å². The third kappa shape index (κ3) is 4.39.